The molecular formula is C13H17N3OS. The predicted molar refractivity (Wildman–Crippen MR) is 72.4 cm³/mol. The van der Waals surface area contributed by atoms with E-state index in [9.17, 15) is 0 Å². The molecule has 0 fully saturated rings. The standard InChI is InChI=1S/C13H17N3OS/c1-10(12-5-4-6-17-12)16(2)9-11-7-14-13(18-3)15-8-11/h4-8,10H,9H2,1-3H3. The molecule has 2 aromatic heterocycles. The van der Waals surface area contributed by atoms with Gasteiger partial charge in [0, 0.05) is 24.5 Å². The molecule has 0 bridgehead atoms. The molecule has 18 heavy (non-hydrogen) atoms. The van der Waals surface area contributed by atoms with Crippen LogP contribution < -0.4 is 0 Å². The van der Waals surface area contributed by atoms with Crippen LogP contribution in [0, 0.1) is 0 Å². The average molecular weight is 263 g/mol. The Kier molecular flexibility index (Phi) is 4.38. The highest BCUT2D eigenvalue weighted by atomic mass is 32.2. The quantitative estimate of drug-likeness (QED) is 0.613. The summed E-state index contributed by atoms with van der Waals surface area (Å²) in [4.78, 5) is 10.8. The molecule has 1 atom stereocenters. The van der Waals surface area contributed by atoms with E-state index in [1.807, 2.05) is 30.8 Å². The molecule has 2 heterocycles. The Morgan fingerprint density at radius 1 is 1.39 bits per heavy atom. The molecule has 0 spiro atoms. The molecule has 0 radical (unpaired) electrons. The Hall–Kier alpha value is -1.33. The van der Waals surface area contributed by atoms with Crippen molar-refractivity contribution in [1.29, 1.82) is 0 Å². The summed E-state index contributed by atoms with van der Waals surface area (Å²) in [6.07, 6.45) is 7.44. The molecule has 0 aliphatic carbocycles. The summed E-state index contributed by atoms with van der Waals surface area (Å²) in [6, 6.07) is 4.14. The number of furan rings is 1. The summed E-state index contributed by atoms with van der Waals surface area (Å²) < 4.78 is 5.41. The Labute approximate surface area is 111 Å². The summed E-state index contributed by atoms with van der Waals surface area (Å²) in [7, 11) is 2.07. The van der Waals surface area contributed by atoms with Gasteiger partial charge < -0.3 is 4.42 Å². The van der Waals surface area contributed by atoms with E-state index in [0.29, 0.717) is 0 Å². The lowest BCUT2D eigenvalue weighted by molar-refractivity contribution is 0.223. The molecule has 0 N–H and O–H groups in total. The fourth-order valence-corrected chi connectivity index (χ4v) is 2.02. The lowest BCUT2D eigenvalue weighted by Gasteiger charge is -2.22. The summed E-state index contributed by atoms with van der Waals surface area (Å²) >= 11 is 1.55. The van der Waals surface area contributed by atoms with Crippen molar-refractivity contribution in [1.82, 2.24) is 14.9 Å². The van der Waals surface area contributed by atoms with Crippen LogP contribution in [0.25, 0.3) is 0 Å². The first kappa shape index (κ1) is 13.1. The van der Waals surface area contributed by atoms with E-state index in [0.717, 1.165) is 23.0 Å². The molecule has 1 unspecified atom stereocenters. The van der Waals surface area contributed by atoms with Gasteiger partial charge in [0.25, 0.3) is 0 Å². The minimum absolute atomic E-state index is 0.236. The Morgan fingerprint density at radius 3 is 2.67 bits per heavy atom. The van der Waals surface area contributed by atoms with Gasteiger partial charge in [-0.2, -0.15) is 0 Å². The van der Waals surface area contributed by atoms with E-state index >= 15 is 0 Å². The molecular weight excluding hydrogens is 246 g/mol. The maximum atomic E-state index is 5.41. The molecule has 0 aliphatic rings. The first-order chi connectivity index (χ1) is 8.70. The molecule has 0 aromatic carbocycles. The fourth-order valence-electron chi connectivity index (χ4n) is 1.70. The van der Waals surface area contributed by atoms with Crippen molar-refractivity contribution in [3.63, 3.8) is 0 Å². The molecule has 2 rings (SSSR count). The van der Waals surface area contributed by atoms with Gasteiger partial charge in [-0.25, -0.2) is 9.97 Å². The van der Waals surface area contributed by atoms with Crippen LogP contribution in [-0.4, -0.2) is 28.2 Å². The second kappa shape index (κ2) is 6.02. The van der Waals surface area contributed by atoms with E-state index in [2.05, 4.69) is 28.8 Å². The highest BCUT2D eigenvalue weighted by Crippen LogP contribution is 2.20. The van der Waals surface area contributed by atoms with Crippen LogP contribution in [0.15, 0.2) is 40.4 Å². The van der Waals surface area contributed by atoms with E-state index < -0.39 is 0 Å². The van der Waals surface area contributed by atoms with Gasteiger partial charge in [-0.05, 0) is 32.4 Å². The summed E-state index contributed by atoms with van der Waals surface area (Å²) in [5.74, 6) is 0.971. The van der Waals surface area contributed by atoms with E-state index in [4.69, 9.17) is 4.42 Å². The molecule has 5 heteroatoms. The van der Waals surface area contributed by atoms with Crippen molar-refractivity contribution in [3.05, 3.63) is 42.1 Å². The minimum atomic E-state index is 0.236. The average Bonchev–Trinajstić information content (AvgIpc) is 2.92. The predicted octanol–water partition coefficient (Wildman–Crippen LogP) is 2.98. The maximum Gasteiger partial charge on any atom is 0.187 e. The second-order valence-electron chi connectivity index (χ2n) is 4.18. The number of hydrogen-bond acceptors (Lipinski definition) is 5. The zero-order valence-electron chi connectivity index (χ0n) is 10.8. The van der Waals surface area contributed by atoms with Crippen LogP contribution in [-0.2, 0) is 6.54 Å². The molecule has 4 nitrogen and oxygen atoms in total. The third kappa shape index (κ3) is 3.11. The van der Waals surface area contributed by atoms with Crippen LogP contribution in [0.3, 0.4) is 0 Å². The summed E-state index contributed by atoms with van der Waals surface area (Å²) in [6.45, 7) is 2.92. The highest BCUT2D eigenvalue weighted by Gasteiger charge is 2.14. The van der Waals surface area contributed by atoms with E-state index in [1.165, 1.54) is 0 Å². The molecule has 0 saturated carbocycles. The maximum absolute atomic E-state index is 5.41. The van der Waals surface area contributed by atoms with Crippen LogP contribution in [0.1, 0.15) is 24.3 Å². The number of thioether (sulfide) groups is 1. The number of aromatic nitrogens is 2. The second-order valence-corrected chi connectivity index (χ2v) is 4.96. The Morgan fingerprint density at radius 2 is 2.11 bits per heavy atom. The Balaban J connectivity index is 1.99. The SMILES string of the molecule is CSc1ncc(CN(C)C(C)c2ccco2)cn1. The van der Waals surface area contributed by atoms with Gasteiger partial charge in [0.2, 0.25) is 0 Å². The first-order valence-corrected chi connectivity index (χ1v) is 7.01. The Bertz CT molecular complexity index is 469. The molecule has 0 amide bonds. The van der Waals surface area contributed by atoms with Crippen molar-refractivity contribution in [2.45, 2.75) is 24.7 Å². The topological polar surface area (TPSA) is 42.2 Å². The van der Waals surface area contributed by atoms with E-state index in [-0.39, 0.29) is 6.04 Å². The van der Waals surface area contributed by atoms with Gasteiger partial charge in [0.15, 0.2) is 5.16 Å². The van der Waals surface area contributed by atoms with Gasteiger partial charge in [-0.1, -0.05) is 11.8 Å². The van der Waals surface area contributed by atoms with Gasteiger partial charge in [0.05, 0.1) is 12.3 Å². The molecule has 0 aliphatic heterocycles. The summed E-state index contributed by atoms with van der Waals surface area (Å²) in [5, 5.41) is 0.806. The lowest BCUT2D eigenvalue weighted by Crippen LogP contribution is -2.21. The third-order valence-electron chi connectivity index (χ3n) is 2.91. The molecule has 96 valence electrons. The molecule has 0 saturated heterocycles. The third-order valence-corrected chi connectivity index (χ3v) is 3.49. The zero-order chi connectivity index (χ0) is 13.0. The number of rotatable bonds is 5. The number of nitrogens with zero attached hydrogens (tertiary/aromatic N) is 3. The van der Waals surface area contributed by atoms with E-state index in [1.54, 1.807) is 18.0 Å². The van der Waals surface area contributed by atoms with Gasteiger partial charge in [-0.3, -0.25) is 4.90 Å². The largest absolute Gasteiger partial charge is 0.468 e. The van der Waals surface area contributed by atoms with Gasteiger partial charge in [-0.15, -0.1) is 0 Å². The zero-order valence-corrected chi connectivity index (χ0v) is 11.6. The van der Waals surface area contributed by atoms with Crippen molar-refractivity contribution in [3.8, 4) is 0 Å². The van der Waals surface area contributed by atoms with Crippen LogP contribution >= 0.6 is 11.8 Å². The fraction of sp³-hybridized carbons (Fsp3) is 0.385. The number of hydrogen-bond donors (Lipinski definition) is 0. The summed E-state index contributed by atoms with van der Waals surface area (Å²) in [5.41, 5.74) is 1.11. The van der Waals surface area contributed by atoms with Crippen molar-refractivity contribution < 1.29 is 4.42 Å². The smallest absolute Gasteiger partial charge is 0.187 e. The first-order valence-electron chi connectivity index (χ1n) is 5.79. The molecule has 2 aromatic rings. The van der Waals surface area contributed by atoms with Crippen molar-refractivity contribution in [2.24, 2.45) is 0 Å². The van der Waals surface area contributed by atoms with Crippen LogP contribution in [0.5, 0.6) is 0 Å². The highest BCUT2D eigenvalue weighted by molar-refractivity contribution is 7.98. The lowest BCUT2D eigenvalue weighted by atomic mass is 10.2. The van der Waals surface area contributed by atoms with Crippen molar-refractivity contribution >= 4 is 11.8 Å². The van der Waals surface area contributed by atoms with Crippen molar-refractivity contribution in [2.75, 3.05) is 13.3 Å². The monoisotopic (exact) mass is 263 g/mol. The van der Waals surface area contributed by atoms with Crippen LogP contribution in [0.2, 0.25) is 0 Å². The minimum Gasteiger partial charge on any atom is -0.468 e. The van der Waals surface area contributed by atoms with Crippen LogP contribution in [0.4, 0.5) is 0 Å². The normalized spacial score (nSPS) is 12.9. The van der Waals surface area contributed by atoms with Gasteiger partial charge in [0.1, 0.15) is 5.76 Å². The van der Waals surface area contributed by atoms with Gasteiger partial charge >= 0.3 is 0 Å².